The van der Waals surface area contributed by atoms with Crippen molar-refractivity contribution in [3.05, 3.63) is 99.9 Å². The van der Waals surface area contributed by atoms with Gasteiger partial charge in [-0.25, -0.2) is 14.5 Å². The van der Waals surface area contributed by atoms with E-state index >= 15 is 0 Å². The first-order valence-corrected chi connectivity index (χ1v) is 15.6. The summed E-state index contributed by atoms with van der Waals surface area (Å²) in [5.74, 6) is 1.25. The highest BCUT2D eigenvalue weighted by Gasteiger charge is 2.35. The van der Waals surface area contributed by atoms with Gasteiger partial charge in [0.05, 0.1) is 17.6 Å². The fourth-order valence-electron chi connectivity index (χ4n) is 7.25. The molecule has 7 nitrogen and oxygen atoms in total. The second-order valence-corrected chi connectivity index (χ2v) is 12.6. The van der Waals surface area contributed by atoms with E-state index in [1.807, 2.05) is 18.2 Å². The molecule has 2 fully saturated rings. The molecular weight excluding hydrogens is 548 g/mol. The number of benzene rings is 2. The average Bonchev–Trinajstić information content (AvgIpc) is 3.68. The molecule has 4 aromatic rings. The standard InChI is InChI=1S/C36H38N4O3.CH4/c1-22-19-28(24-15-17-39(18-16-24)35(41)26-10-11-26)13-12-27(22)20-29-14-9-25-5-3-6-30(34(25)29)32-7-4-8-33(38-32)40-23(2)31(21-37-40)36(42)43;/h3-8,12-13,19,21,24,26,29H,9-11,14-18,20H2,1-2H3,(H,42,43);1H4. The minimum Gasteiger partial charge on any atom is -0.478 e. The molecule has 7 heteroatoms. The van der Waals surface area contributed by atoms with Gasteiger partial charge in [0.15, 0.2) is 5.82 Å². The van der Waals surface area contributed by atoms with Gasteiger partial charge in [0.2, 0.25) is 5.91 Å². The summed E-state index contributed by atoms with van der Waals surface area (Å²) in [5, 5.41) is 13.8. The van der Waals surface area contributed by atoms with Crippen LogP contribution in [0.3, 0.4) is 0 Å². The van der Waals surface area contributed by atoms with E-state index in [4.69, 9.17) is 4.98 Å². The Morgan fingerprint density at radius 2 is 1.73 bits per heavy atom. The van der Waals surface area contributed by atoms with Crippen molar-refractivity contribution in [2.45, 2.75) is 78.1 Å². The van der Waals surface area contributed by atoms with Crippen LogP contribution in [0.1, 0.15) is 95.2 Å². The van der Waals surface area contributed by atoms with E-state index in [2.05, 4.69) is 53.3 Å². The first-order valence-electron chi connectivity index (χ1n) is 15.6. The van der Waals surface area contributed by atoms with E-state index < -0.39 is 5.97 Å². The van der Waals surface area contributed by atoms with Crippen LogP contribution in [0.4, 0.5) is 0 Å². The number of aromatic carboxylic acids is 1. The molecule has 3 heterocycles. The summed E-state index contributed by atoms with van der Waals surface area (Å²) in [4.78, 5) is 31.1. The average molecular weight is 591 g/mol. The smallest absolute Gasteiger partial charge is 0.339 e. The lowest BCUT2D eigenvalue weighted by atomic mass is 9.84. The van der Waals surface area contributed by atoms with Crippen molar-refractivity contribution < 1.29 is 14.7 Å². The van der Waals surface area contributed by atoms with Crippen LogP contribution in [0.2, 0.25) is 0 Å². The molecule has 2 aliphatic carbocycles. The van der Waals surface area contributed by atoms with Crippen LogP contribution >= 0.6 is 0 Å². The zero-order valence-electron chi connectivity index (χ0n) is 24.9. The zero-order chi connectivity index (χ0) is 29.7. The van der Waals surface area contributed by atoms with Crippen molar-refractivity contribution in [1.29, 1.82) is 0 Å². The molecular formula is C37H42N4O3. The largest absolute Gasteiger partial charge is 0.478 e. The fraction of sp³-hybridized carbons (Fsp3) is 0.405. The number of fused-ring (bicyclic) bond motifs is 1. The number of aromatic nitrogens is 3. The third-order valence-corrected chi connectivity index (χ3v) is 9.87. The number of rotatable bonds is 7. The molecule has 1 saturated heterocycles. The maximum absolute atomic E-state index is 12.5. The maximum atomic E-state index is 12.5. The van der Waals surface area contributed by atoms with Crippen molar-refractivity contribution in [1.82, 2.24) is 19.7 Å². The van der Waals surface area contributed by atoms with E-state index in [0.29, 0.717) is 35.2 Å². The van der Waals surface area contributed by atoms with Gasteiger partial charge in [-0.05, 0) is 111 Å². The quantitative estimate of drug-likeness (QED) is 0.245. The van der Waals surface area contributed by atoms with Crippen LogP contribution in [0, 0.1) is 19.8 Å². The number of carboxylic acids is 1. The Kier molecular flexibility index (Phi) is 8.14. The molecule has 0 spiro atoms. The number of piperidine rings is 1. The number of carbonyl (C=O) groups is 2. The van der Waals surface area contributed by atoms with Crippen molar-refractivity contribution in [3.8, 4) is 17.1 Å². The first-order chi connectivity index (χ1) is 20.9. The number of pyridine rings is 1. The van der Waals surface area contributed by atoms with Gasteiger partial charge in [-0.3, -0.25) is 4.79 Å². The zero-order valence-corrected chi connectivity index (χ0v) is 24.9. The lowest BCUT2D eigenvalue weighted by Gasteiger charge is -2.32. The summed E-state index contributed by atoms with van der Waals surface area (Å²) in [7, 11) is 0. The van der Waals surface area contributed by atoms with Crippen LogP contribution < -0.4 is 0 Å². The SMILES string of the molecule is C.Cc1cc(C2CCN(C(=O)C3CC3)CC2)ccc1CC1CCc2cccc(-c3cccc(-n4ncc(C(=O)O)c4C)n3)c21. The van der Waals surface area contributed by atoms with Gasteiger partial charge in [0.1, 0.15) is 5.56 Å². The Hall–Kier alpha value is -4.26. The lowest BCUT2D eigenvalue weighted by Crippen LogP contribution is -2.38. The Balaban J connectivity index is 0.00000343. The Morgan fingerprint density at radius 3 is 2.43 bits per heavy atom. The Morgan fingerprint density at radius 1 is 0.955 bits per heavy atom. The number of amides is 1. The monoisotopic (exact) mass is 590 g/mol. The van der Waals surface area contributed by atoms with Crippen molar-refractivity contribution in [3.63, 3.8) is 0 Å². The summed E-state index contributed by atoms with van der Waals surface area (Å²) in [6.07, 6.45) is 8.81. The number of hydrogen-bond acceptors (Lipinski definition) is 4. The Labute approximate surface area is 259 Å². The van der Waals surface area contributed by atoms with Gasteiger partial charge >= 0.3 is 5.97 Å². The van der Waals surface area contributed by atoms with E-state index in [-0.39, 0.29) is 13.0 Å². The van der Waals surface area contributed by atoms with Crippen LogP contribution in [-0.4, -0.2) is 49.7 Å². The van der Waals surface area contributed by atoms with Gasteiger partial charge in [-0.2, -0.15) is 5.10 Å². The minimum absolute atomic E-state index is 0. The second-order valence-electron chi connectivity index (χ2n) is 12.6. The molecule has 7 rings (SSSR count). The van der Waals surface area contributed by atoms with Gasteiger partial charge in [-0.15, -0.1) is 0 Å². The van der Waals surface area contributed by atoms with Gasteiger partial charge in [0, 0.05) is 24.6 Å². The fourth-order valence-corrected chi connectivity index (χ4v) is 7.25. The topological polar surface area (TPSA) is 88.3 Å². The number of nitrogens with zero attached hydrogens (tertiary/aromatic N) is 4. The number of carboxylic acid groups (broad SMARTS) is 1. The molecule has 1 atom stereocenters. The molecule has 44 heavy (non-hydrogen) atoms. The maximum Gasteiger partial charge on any atom is 0.339 e. The second kappa shape index (κ2) is 12.0. The number of aryl methyl sites for hydroxylation is 2. The third kappa shape index (κ3) is 5.56. The van der Waals surface area contributed by atoms with E-state index in [1.54, 1.807) is 11.6 Å². The molecule has 1 saturated carbocycles. The molecule has 2 aromatic heterocycles. The highest BCUT2D eigenvalue weighted by Crippen LogP contribution is 2.42. The van der Waals surface area contributed by atoms with E-state index in [0.717, 1.165) is 69.3 Å². The molecule has 1 amide bonds. The number of likely N-dealkylation sites (tertiary alicyclic amines) is 1. The predicted molar refractivity (Wildman–Crippen MR) is 172 cm³/mol. The van der Waals surface area contributed by atoms with Crippen LogP contribution in [-0.2, 0) is 17.6 Å². The molecule has 1 aliphatic heterocycles. The summed E-state index contributed by atoms with van der Waals surface area (Å²) < 4.78 is 1.60. The minimum atomic E-state index is -0.988. The third-order valence-electron chi connectivity index (χ3n) is 9.87. The molecule has 1 N–H and O–H groups in total. The normalized spacial score (nSPS) is 18.1. The molecule has 3 aliphatic rings. The summed E-state index contributed by atoms with van der Waals surface area (Å²) >= 11 is 0. The highest BCUT2D eigenvalue weighted by molar-refractivity contribution is 5.88. The summed E-state index contributed by atoms with van der Waals surface area (Å²) in [6.45, 7) is 5.78. The molecule has 228 valence electrons. The van der Waals surface area contributed by atoms with Crippen LogP contribution in [0.5, 0.6) is 0 Å². The Bertz CT molecular complexity index is 1710. The molecule has 1 unspecified atom stereocenters. The summed E-state index contributed by atoms with van der Waals surface area (Å²) in [6, 6.07) is 19.5. The van der Waals surface area contributed by atoms with Crippen molar-refractivity contribution in [2.24, 2.45) is 5.92 Å². The summed E-state index contributed by atoms with van der Waals surface area (Å²) in [5.41, 5.74) is 9.70. The highest BCUT2D eigenvalue weighted by atomic mass is 16.4. The number of hydrogen-bond donors (Lipinski definition) is 1. The van der Waals surface area contributed by atoms with E-state index in [9.17, 15) is 14.7 Å². The van der Waals surface area contributed by atoms with Gasteiger partial charge in [-0.1, -0.05) is 49.9 Å². The molecule has 0 radical (unpaired) electrons. The van der Waals surface area contributed by atoms with Crippen LogP contribution in [0.15, 0.2) is 60.8 Å². The van der Waals surface area contributed by atoms with E-state index in [1.165, 1.54) is 34.0 Å². The van der Waals surface area contributed by atoms with Crippen molar-refractivity contribution in [2.75, 3.05) is 13.1 Å². The lowest BCUT2D eigenvalue weighted by molar-refractivity contribution is -0.133. The predicted octanol–water partition coefficient (Wildman–Crippen LogP) is 7.27. The van der Waals surface area contributed by atoms with Gasteiger partial charge in [0.25, 0.3) is 0 Å². The molecule has 0 bridgehead atoms. The van der Waals surface area contributed by atoms with Crippen molar-refractivity contribution >= 4 is 11.9 Å². The molecule has 2 aromatic carbocycles. The first kappa shape index (κ1) is 29.8. The van der Waals surface area contributed by atoms with Gasteiger partial charge < -0.3 is 10.0 Å². The number of carbonyl (C=O) groups excluding carboxylic acids is 1. The van der Waals surface area contributed by atoms with Crippen LogP contribution in [0.25, 0.3) is 17.1 Å².